The minimum atomic E-state index is 0. The number of amides is 1. The zero-order valence-corrected chi connectivity index (χ0v) is 13.9. The molecule has 0 radical (unpaired) electrons. The van der Waals surface area contributed by atoms with Crippen LogP contribution in [0.5, 0.6) is 0 Å². The zero-order valence-electron chi connectivity index (χ0n) is 13.1. The van der Waals surface area contributed by atoms with Crippen LogP contribution in [0.1, 0.15) is 34.6 Å². The van der Waals surface area contributed by atoms with Gasteiger partial charge in [0.05, 0.1) is 11.3 Å². The van der Waals surface area contributed by atoms with Crippen LogP contribution in [0.2, 0.25) is 0 Å². The van der Waals surface area contributed by atoms with E-state index in [9.17, 15) is 4.79 Å². The molecule has 6 heteroatoms. The topological polar surface area (TPSA) is 50.2 Å². The summed E-state index contributed by atoms with van der Waals surface area (Å²) in [7, 11) is 1.90. The minimum Gasteiger partial charge on any atom is -0.339 e. The number of halogens is 1. The summed E-state index contributed by atoms with van der Waals surface area (Å²) in [4.78, 5) is 14.8. The molecule has 2 saturated heterocycles. The highest BCUT2D eigenvalue weighted by Gasteiger charge is 2.32. The summed E-state index contributed by atoms with van der Waals surface area (Å²) < 4.78 is 1.80. The SMILES string of the molecule is Cc1nn(C)c(C)c1C(=O)N1CC[C@@H]2CNC[C@@H]2CC1.Cl. The van der Waals surface area contributed by atoms with Gasteiger partial charge in [-0.3, -0.25) is 9.48 Å². The third kappa shape index (κ3) is 2.94. The molecule has 5 nitrogen and oxygen atoms in total. The average Bonchev–Trinajstić information content (AvgIpc) is 2.88. The van der Waals surface area contributed by atoms with Crippen molar-refractivity contribution in [2.24, 2.45) is 18.9 Å². The molecule has 2 aliphatic heterocycles. The molecule has 1 aromatic heterocycles. The van der Waals surface area contributed by atoms with Gasteiger partial charge in [0.25, 0.3) is 5.91 Å². The maximum atomic E-state index is 12.8. The Kier molecular flexibility index (Phi) is 4.94. The standard InChI is InChI=1S/C15H24N4O.ClH/c1-10-14(11(2)18(3)17-10)15(20)19-6-4-12-8-16-9-13(12)5-7-19;/h12-13,16H,4-9H2,1-3H3;1H/t12-,13+;. The Bertz CT molecular complexity index is 514. The molecular weight excluding hydrogens is 288 g/mol. The molecule has 1 N–H and O–H groups in total. The largest absolute Gasteiger partial charge is 0.339 e. The Morgan fingerprint density at radius 2 is 1.76 bits per heavy atom. The van der Waals surface area contributed by atoms with Gasteiger partial charge in [-0.1, -0.05) is 0 Å². The molecule has 0 bridgehead atoms. The fraction of sp³-hybridized carbons (Fsp3) is 0.733. The number of carbonyl (C=O) groups is 1. The lowest BCUT2D eigenvalue weighted by atomic mass is 9.92. The van der Waals surface area contributed by atoms with E-state index in [1.807, 2.05) is 25.8 Å². The normalized spacial score (nSPS) is 25.2. The lowest BCUT2D eigenvalue weighted by Crippen LogP contribution is -2.33. The smallest absolute Gasteiger partial charge is 0.257 e. The van der Waals surface area contributed by atoms with Crippen LogP contribution in [0.15, 0.2) is 0 Å². The molecule has 0 spiro atoms. The number of aromatic nitrogens is 2. The first-order valence-electron chi connectivity index (χ1n) is 7.58. The number of nitrogens with zero attached hydrogens (tertiary/aromatic N) is 3. The lowest BCUT2D eigenvalue weighted by Gasteiger charge is -2.21. The summed E-state index contributed by atoms with van der Waals surface area (Å²) in [6, 6.07) is 0. The van der Waals surface area contributed by atoms with E-state index in [2.05, 4.69) is 10.4 Å². The Morgan fingerprint density at radius 1 is 1.19 bits per heavy atom. The Hall–Kier alpha value is -1.07. The Morgan fingerprint density at radius 3 is 2.24 bits per heavy atom. The van der Waals surface area contributed by atoms with Crippen molar-refractivity contribution in [2.75, 3.05) is 26.2 Å². The van der Waals surface area contributed by atoms with Crippen LogP contribution in [0.4, 0.5) is 0 Å². The van der Waals surface area contributed by atoms with E-state index in [0.29, 0.717) is 0 Å². The predicted molar refractivity (Wildman–Crippen MR) is 84.9 cm³/mol. The van der Waals surface area contributed by atoms with Crippen molar-refractivity contribution in [1.29, 1.82) is 0 Å². The number of carbonyl (C=O) groups excluding carboxylic acids is 1. The molecule has 21 heavy (non-hydrogen) atoms. The van der Waals surface area contributed by atoms with Gasteiger partial charge in [0.15, 0.2) is 0 Å². The number of hydrogen-bond donors (Lipinski definition) is 1. The van der Waals surface area contributed by atoms with Gasteiger partial charge in [-0.15, -0.1) is 12.4 Å². The lowest BCUT2D eigenvalue weighted by molar-refractivity contribution is 0.0757. The molecule has 0 saturated carbocycles. The van der Waals surface area contributed by atoms with Gasteiger partial charge in [-0.2, -0.15) is 5.10 Å². The van der Waals surface area contributed by atoms with Gasteiger partial charge in [-0.05, 0) is 51.6 Å². The molecule has 0 aliphatic carbocycles. The minimum absolute atomic E-state index is 0. The van der Waals surface area contributed by atoms with Gasteiger partial charge in [-0.25, -0.2) is 0 Å². The molecule has 1 amide bonds. The second-order valence-corrected chi connectivity index (χ2v) is 6.22. The van der Waals surface area contributed by atoms with Gasteiger partial charge < -0.3 is 10.2 Å². The molecule has 0 unspecified atom stereocenters. The number of aryl methyl sites for hydroxylation is 2. The van der Waals surface area contributed by atoms with Crippen molar-refractivity contribution in [2.45, 2.75) is 26.7 Å². The highest BCUT2D eigenvalue weighted by atomic mass is 35.5. The summed E-state index contributed by atoms with van der Waals surface area (Å²) >= 11 is 0. The highest BCUT2D eigenvalue weighted by molar-refractivity contribution is 5.96. The van der Waals surface area contributed by atoms with Gasteiger partial charge >= 0.3 is 0 Å². The van der Waals surface area contributed by atoms with Crippen molar-refractivity contribution in [3.8, 4) is 0 Å². The maximum Gasteiger partial charge on any atom is 0.257 e. The second kappa shape index (κ2) is 6.36. The highest BCUT2D eigenvalue weighted by Crippen LogP contribution is 2.28. The van der Waals surface area contributed by atoms with Crippen molar-refractivity contribution in [3.05, 3.63) is 17.0 Å². The van der Waals surface area contributed by atoms with Crippen LogP contribution < -0.4 is 5.32 Å². The van der Waals surface area contributed by atoms with Crippen LogP contribution in [-0.4, -0.2) is 46.8 Å². The Balaban J connectivity index is 0.00000161. The number of rotatable bonds is 1. The molecule has 1 aromatic rings. The van der Waals surface area contributed by atoms with E-state index in [4.69, 9.17) is 0 Å². The average molecular weight is 313 g/mol. The van der Waals surface area contributed by atoms with Crippen molar-refractivity contribution < 1.29 is 4.79 Å². The molecule has 2 aliphatic rings. The molecule has 3 rings (SSSR count). The quantitative estimate of drug-likeness (QED) is 0.855. The van der Waals surface area contributed by atoms with Gasteiger partial charge in [0.1, 0.15) is 0 Å². The van der Waals surface area contributed by atoms with Crippen LogP contribution in [-0.2, 0) is 7.05 Å². The Labute approximate surface area is 132 Å². The van der Waals surface area contributed by atoms with Crippen molar-refractivity contribution >= 4 is 18.3 Å². The first kappa shape index (κ1) is 16.3. The molecule has 2 atom stereocenters. The molecule has 0 aromatic carbocycles. The first-order valence-corrected chi connectivity index (χ1v) is 7.58. The summed E-state index contributed by atoms with van der Waals surface area (Å²) in [5, 5.41) is 7.84. The predicted octanol–water partition coefficient (Wildman–Crippen LogP) is 1.53. The zero-order chi connectivity index (χ0) is 14.3. The van der Waals surface area contributed by atoms with Crippen LogP contribution in [0.3, 0.4) is 0 Å². The third-order valence-corrected chi connectivity index (χ3v) is 5.03. The number of fused-ring (bicyclic) bond motifs is 1. The summed E-state index contributed by atoms with van der Waals surface area (Å²) in [5.41, 5.74) is 2.62. The van der Waals surface area contributed by atoms with E-state index in [0.717, 1.165) is 67.8 Å². The summed E-state index contributed by atoms with van der Waals surface area (Å²) in [6.45, 7) is 7.92. The maximum absolute atomic E-state index is 12.8. The van der Waals surface area contributed by atoms with Gasteiger partial charge in [0, 0.05) is 25.8 Å². The van der Waals surface area contributed by atoms with Crippen LogP contribution in [0, 0.1) is 25.7 Å². The summed E-state index contributed by atoms with van der Waals surface area (Å²) in [5.74, 6) is 1.67. The number of likely N-dealkylation sites (tertiary alicyclic amines) is 1. The van der Waals surface area contributed by atoms with Crippen LogP contribution >= 0.6 is 12.4 Å². The van der Waals surface area contributed by atoms with E-state index in [1.54, 1.807) is 4.68 Å². The fourth-order valence-corrected chi connectivity index (χ4v) is 3.66. The summed E-state index contributed by atoms with van der Waals surface area (Å²) in [6.07, 6.45) is 2.25. The number of nitrogens with one attached hydrogen (secondary N) is 1. The van der Waals surface area contributed by atoms with E-state index in [1.165, 1.54) is 0 Å². The van der Waals surface area contributed by atoms with Gasteiger partial charge in [0.2, 0.25) is 0 Å². The number of hydrogen-bond acceptors (Lipinski definition) is 3. The monoisotopic (exact) mass is 312 g/mol. The van der Waals surface area contributed by atoms with Crippen LogP contribution in [0.25, 0.3) is 0 Å². The van der Waals surface area contributed by atoms with E-state index >= 15 is 0 Å². The second-order valence-electron chi connectivity index (χ2n) is 6.22. The van der Waals surface area contributed by atoms with Crippen molar-refractivity contribution in [3.63, 3.8) is 0 Å². The van der Waals surface area contributed by atoms with Crippen molar-refractivity contribution in [1.82, 2.24) is 20.0 Å². The molecular formula is C15H25ClN4O. The third-order valence-electron chi connectivity index (χ3n) is 5.03. The molecule has 2 fully saturated rings. The van der Waals surface area contributed by atoms with E-state index in [-0.39, 0.29) is 18.3 Å². The molecule has 118 valence electrons. The molecule has 3 heterocycles. The first-order chi connectivity index (χ1) is 9.58. The van der Waals surface area contributed by atoms with E-state index < -0.39 is 0 Å². The fourth-order valence-electron chi connectivity index (χ4n) is 3.66.